The van der Waals surface area contributed by atoms with Gasteiger partial charge in [-0.25, -0.2) is 14.8 Å². The molecular weight excluding hydrogens is 390 g/mol. The number of ether oxygens (including phenoxy) is 1. The predicted octanol–water partition coefficient (Wildman–Crippen LogP) is 3.36. The van der Waals surface area contributed by atoms with Gasteiger partial charge >= 0.3 is 6.03 Å². The average molecular weight is 424 g/mol. The molecule has 7 nitrogen and oxygen atoms in total. The number of anilines is 1. The number of methoxy groups -OCH3 is 1. The second kappa shape index (κ2) is 8.93. The summed E-state index contributed by atoms with van der Waals surface area (Å²) in [6.45, 7) is 1.36. The molecule has 1 spiro atoms. The van der Waals surface area contributed by atoms with Crippen molar-refractivity contribution >= 4 is 11.7 Å². The van der Waals surface area contributed by atoms with Gasteiger partial charge in [0.05, 0.1) is 30.2 Å². The molecule has 0 radical (unpaired) electrons. The van der Waals surface area contributed by atoms with E-state index in [-0.39, 0.29) is 17.1 Å². The van der Waals surface area contributed by atoms with E-state index in [0.29, 0.717) is 13.2 Å². The van der Waals surface area contributed by atoms with Crippen LogP contribution in [0.25, 0.3) is 0 Å². The molecule has 1 N–H and O–H groups in total. The van der Waals surface area contributed by atoms with Gasteiger partial charge in [-0.15, -0.1) is 0 Å². The minimum Gasteiger partial charge on any atom is -0.385 e. The van der Waals surface area contributed by atoms with Gasteiger partial charge < -0.3 is 10.1 Å². The number of benzene rings is 1. The Labute approximate surface area is 184 Å². The minimum absolute atomic E-state index is 0.0115. The average Bonchev–Trinajstić information content (AvgIpc) is 3.11. The van der Waals surface area contributed by atoms with Gasteiger partial charge in [0.2, 0.25) is 0 Å². The van der Waals surface area contributed by atoms with Gasteiger partial charge in [-0.1, -0.05) is 30.3 Å². The number of aryl methyl sites for hydroxylation is 1. The lowest BCUT2D eigenvalue weighted by Crippen LogP contribution is -2.54. The van der Waals surface area contributed by atoms with Crippen molar-refractivity contribution in [2.75, 3.05) is 39.3 Å². The molecule has 7 heteroatoms. The van der Waals surface area contributed by atoms with Crippen molar-refractivity contribution in [1.82, 2.24) is 20.2 Å². The second-order valence-electron chi connectivity index (χ2n) is 9.04. The SMILES string of the molecule is COCCCc1ncc(N2CC3(CCC(c4ccccc4)(N(C)C)CC3)NC2=O)cn1. The molecule has 2 aromatic rings. The Morgan fingerprint density at radius 3 is 2.39 bits per heavy atom. The van der Waals surface area contributed by atoms with Gasteiger partial charge in [0.25, 0.3) is 0 Å². The van der Waals surface area contributed by atoms with Crippen molar-refractivity contribution in [2.45, 2.75) is 49.6 Å². The van der Waals surface area contributed by atoms with Crippen LogP contribution in [-0.4, -0.2) is 60.8 Å². The molecule has 2 aliphatic rings. The third-order valence-corrected chi connectivity index (χ3v) is 7.03. The highest BCUT2D eigenvalue weighted by molar-refractivity contribution is 5.95. The molecule has 0 unspecified atom stereocenters. The normalized spacial score (nSPS) is 25.9. The van der Waals surface area contributed by atoms with Crippen LogP contribution < -0.4 is 10.2 Å². The molecule has 1 aromatic heterocycles. The first-order valence-corrected chi connectivity index (χ1v) is 11.1. The number of aromatic nitrogens is 2. The van der Waals surface area contributed by atoms with E-state index in [1.54, 1.807) is 24.4 Å². The van der Waals surface area contributed by atoms with E-state index < -0.39 is 0 Å². The number of amides is 2. The number of nitrogens with zero attached hydrogens (tertiary/aromatic N) is 4. The summed E-state index contributed by atoms with van der Waals surface area (Å²) in [5.41, 5.74) is 1.94. The van der Waals surface area contributed by atoms with Crippen LogP contribution in [0.15, 0.2) is 42.7 Å². The molecule has 1 aromatic carbocycles. The Kier molecular flexibility index (Phi) is 6.25. The molecular formula is C24H33N5O2. The number of hydrogen-bond donors (Lipinski definition) is 1. The lowest BCUT2D eigenvalue weighted by atomic mass is 9.69. The third kappa shape index (κ3) is 4.29. The van der Waals surface area contributed by atoms with E-state index in [4.69, 9.17) is 4.74 Å². The number of nitrogens with one attached hydrogen (secondary N) is 1. The highest BCUT2D eigenvalue weighted by atomic mass is 16.5. The third-order valence-electron chi connectivity index (χ3n) is 7.03. The van der Waals surface area contributed by atoms with E-state index in [1.165, 1.54) is 5.56 Å². The summed E-state index contributed by atoms with van der Waals surface area (Å²) in [4.78, 5) is 25.9. The molecule has 0 bridgehead atoms. The van der Waals surface area contributed by atoms with Crippen molar-refractivity contribution in [3.05, 3.63) is 54.1 Å². The van der Waals surface area contributed by atoms with Crippen LogP contribution in [0.4, 0.5) is 10.5 Å². The number of rotatable bonds is 7. The van der Waals surface area contributed by atoms with Crippen molar-refractivity contribution in [3.8, 4) is 0 Å². The van der Waals surface area contributed by atoms with Crippen LogP contribution in [0, 0.1) is 0 Å². The zero-order valence-electron chi connectivity index (χ0n) is 18.8. The molecule has 2 heterocycles. The largest absolute Gasteiger partial charge is 0.385 e. The first-order valence-electron chi connectivity index (χ1n) is 11.1. The lowest BCUT2D eigenvalue weighted by Gasteiger charge is -2.48. The molecule has 2 fully saturated rings. The highest BCUT2D eigenvalue weighted by Crippen LogP contribution is 2.46. The van der Waals surface area contributed by atoms with E-state index in [0.717, 1.165) is 50.0 Å². The topological polar surface area (TPSA) is 70.6 Å². The summed E-state index contributed by atoms with van der Waals surface area (Å²) >= 11 is 0. The second-order valence-corrected chi connectivity index (χ2v) is 9.04. The van der Waals surface area contributed by atoms with Crippen LogP contribution in [-0.2, 0) is 16.7 Å². The maximum atomic E-state index is 12.8. The molecule has 1 aliphatic heterocycles. The Bertz CT molecular complexity index is 877. The van der Waals surface area contributed by atoms with Gasteiger partial charge in [0.15, 0.2) is 0 Å². The molecule has 31 heavy (non-hydrogen) atoms. The number of urea groups is 1. The van der Waals surface area contributed by atoms with Crippen LogP contribution in [0.3, 0.4) is 0 Å². The Hall–Kier alpha value is -2.51. The first-order chi connectivity index (χ1) is 15.0. The fourth-order valence-corrected chi connectivity index (χ4v) is 5.08. The van der Waals surface area contributed by atoms with E-state index in [2.05, 4.69) is 64.6 Å². The predicted molar refractivity (Wildman–Crippen MR) is 121 cm³/mol. The quantitative estimate of drug-likeness (QED) is 0.692. The molecule has 1 saturated carbocycles. The smallest absolute Gasteiger partial charge is 0.322 e. The van der Waals surface area contributed by atoms with Crippen LogP contribution >= 0.6 is 0 Å². The fraction of sp³-hybridized carbons (Fsp3) is 0.542. The van der Waals surface area contributed by atoms with Crippen molar-refractivity contribution in [3.63, 3.8) is 0 Å². The van der Waals surface area contributed by atoms with Crippen molar-refractivity contribution in [1.29, 1.82) is 0 Å². The molecule has 1 saturated heterocycles. The van der Waals surface area contributed by atoms with Gasteiger partial charge in [-0.3, -0.25) is 9.80 Å². The van der Waals surface area contributed by atoms with E-state index >= 15 is 0 Å². The van der Waals surface area contributed by atoms with Crippen LogP contribution in [0.1, 0.15) is 43.5 Å². The molecule has 2 amide bonds. The molecule has 0 atom stereocenters. The summed E-state index contributed by atoms with van der Waals surface area (Å²) in [5.74, 6) is 0.784. The van der Waals surface area contributed by atoms with Gasteiger partial charge in [0, 0.05) is 25.7 Å². The number of carbonyl (C=O) groups excluding carboxylic acids is 1. The Morgan fingerprint density at radius 1 is 1.10 bits per heavy atom. The van der Waals surface area contributed by atoms with Crippen LogP contribution in [0.2, 0.25) is 0 Å². The maximum Gasteiger partial charge on any atom is 0.322 e. The summed E-state index contributed by atoms with van der Waals surface area (Å²) in [6, 6.07) is 10.7. The monoisotopic (exact) mass is 423 g/mol. The number of hydrogen-bond acceptors (Lipinski definition) is 5. The van der Waals surface area contributed by atoms with Gasteiger partial charge in [-0.2, -0.15) is 0 Å². The summed E-state index contributed by atoms with van der Waals surface area (Å²) in [6.07, 6.45) is 9.10. The molecule has 4 rings (SSSR count). The zero-order chi connectivity index (χ0) is 21.9. The minimum atomic E-state index is -0.192. The standard InChI is InChI=1S/C24H33N5O2/c1-28(2)24(19-8-5-4-6-9-19)13-11-23(12-14-24)18-29(22(30)27-23)20-16-25-21(26-17-20)10-7-15-31-3/h4-6,8-9,16-17H,7,10-15,18H2,1-3H3,(H,27,30). The number of carbonyl (C=O) groups is 1. The van der Waals surface area contributed by atoms with Gasteiger partial charge in [-0.05, 0) is 51.8 Å². The zero-order valence-corrected chi connectivity index (χ0v) is 18.8. The molecule has 1 aliphatic carbocycles. The lowest BCUT2D eigenvalue weighted by molar-refractivity contribution is 0.0658. The maximum absolute atomic E-state index is 12.8. The van der Waals surface area contributed by atoms with Crippen molar-refractivity contribution < 1.29 is 9.53 Å². The fourth-order valence-electron chi connectivity index (χ4n) is 5.08. The summed E-state index contributed by atoms with van der Waals surface area (Å²) < 4.78 is 5.08. The summed E-state index contributed by atoms with van der Waals surface area (Å²) in [5, 5.41) is 3.30. The van der Waals surface area contributed by atoms with Crippen molar-refractivity contribution in [2.24, 2.45) is 0 Å². The van der Waals surface area contributed by atoms with Gasteiger partial charge in [0.1, 0.15) is 5.82 Å². The Morgan fingerprint density at radius 2 is 1.77 bits per heavy atom. The first kappa shape index (κ1) is 21.7. The van der Waals surface area contributed by atoms with Crippen LogP contribution in [0.5, 0.6) is 0 Å². The Balaban J connectivity index is 1.45. The highest BCUT2D eigenvalue weighted by Gasteiger charge is 2.50. The summed E-state index contributed by atoms with van der Waals surface area (Å²) in [7, 11) is 6.02. The molecule has 166 valence electrons. The van der Waals surface area contributed by atoms with E-state index in [9.17, 15) is 4.79 Å². The van der Waals surface area contributed by atoms with E-state index in [1.807, 2.05) is 0 Å².